The van der Waals surface area contributed by atoms with Gasteiger partial charge in [-0.25, -0.2) is 4.79 Å². The van der Waals surface area contributed by atoms with Crippen molar-refractivity contribution in [1.29, 1.82) is 0 Å². The number of carbonyl (C=O) groups is 2. The van der Waals surface area contributed by atoms with E-state index in [1.54, 1.807) is 25.1 Å². The summed E-state index contributed by atoms with van der Waals surface area (Å²) < 4.78 is 11.5. The third kappa shape index (κ3) is 2.61. The highest BCUT2D eigenvalue weighted by atomic mass is 16.6. The van der Waals surface area contributed by atoms with E-state index in [9.17, 15) is 14.7 Å². The second-order valence-electron chi connectivity index (χ2n) is 5.80. The maximum absolute atomic E-state index is 12.8. The van der Waals surface area contributed by atoms with Gasteiger partial charge >= 0.3 is 5.97 Å². The van der Waals surface area contributed by atoms with Crippen LogP contribution in [0.4, 0.5) is 0 Å². The fraction of sp³-hybridized carbons (Fsp3) is 0.500. The summed E-state index contributed by atoms with van der Waals surface area (Å²) in [6, 6.07) is 6.28. The highest BCUT2D eigenvalue weighted by Crippen LogP contribution is 2.36. The zero-order valence-corrected chi connectivity index (χ0v) is 12.6. The largest absolute Gasteiger partial charge is 0.482 e. The minimum atomic E-state index is -1.01. The zero-order chi connectivity index (χ0) is 15.9. The predicted octanol–water partition coefficient (Wildman–Crippen LogP) is 1.68. The number of rotatable bonds is 4. The van der Waals surface area contributed by atoms with Crippen LogP contribution in [0.1, 0.15) is 26.7 Å². The number of carboxylic acids is 1. The van der Waals surface area contributed by atoms with E-state index in [0.29, 0.717) is 11.5 Å². The van der Waals surface area contributed by atoms with Crippen LogP contribution in [0.25, 0.3) is 0 Å². The Labute approximate surface area is 128 Å². The molecule has 1 amide bonds. The van der Waals surface area contributed by atoms with Crippen molar-refractivity contribution < 1.29 is 24.2 Å². The second-order valence-corrected chi connectivity index (χ2v) is 5.80. The summed E-state index contributed by atoms with van der Waals surface area (Å²) in [6.45, 7) is 3.29. The molecule has 3 rings (SSSR count). The van der Waals surface area contributed by atoms with E-state index in [2.05, 4.69) is 0 Å². The van der Waals surface area contributed by atoms with E-state index in [0.717, 1.165) is 12.8 Å². The van der Waals surface area contributed by atoms with E-state index in [4.69, 9.17) is 9.47 Å². The van der Waals surface area contributed by atoms with Crippen LogP contribution >= 0.6 is 0 Å². The summed E-state index contributed by atoms with van der Waals surface area (Å²) in [5, 5.41) is 9.23. The highest BCUT2D eigenvalue weighted by molar-refractivity contribution is 5.87. The second kappa shape index (κ2) is 5.51. The van der Waals surface area contributed by atoms with Gasteiger partial charge in [0.25, 0.3) is 5.91 Å². The number of hydrogen-bond donors (Lipinski definition) is 1. The number of carbonyl (C=O) groups excluding carboxylic acids is 1. The van der Waals surface area contributed by atoms with E-state index in [1.807, 2.05) is 6.07 Å². The lowest BCUT2D eigenvalue weighted by Gasteiger charge is -2.36. The van der Waals surface area contributed by atoms with Gasteiger partial charge in [0.2, 0.25) is 6.10 Å². The van der Waals surface area contributed by atoms with Crippen molar-refractivity contribution in [3.8, 4) is 11.5 Å². The van der Waals surface area contributed by atoms with Crippen molar-refractivity contribution in [1.82, 2.24) is 4.90 Å². The normalized spacial score (nSPS) is 24.5. The number of aliphatic carboxylic acids is 1. The number of benzene rings is 1. The number of fused-ring (bicyclic) bond motifs is 1. The van der Waals surface area contributed by atoms with Crippen molar-refractivity contribution in [3.63, 3.8) is 0 Å². The van der Waals surface area contributed by atoms with Gasteiger partial charge in [-0.05, 0) is 38.8 Å². The van der Waals surface area contributed by atoms with Crippen molar-refractivity contribution in [2.75, 3.05) is 0 Å². The van der Waals surface area contributed by atoms with Gasteiger partial charge in [-0.1, -0.05) is 12.1 Å². The monoisotopic (exact) mass is 305 g/mol. The van der Waals surface area contributed by atoms with Crippen LogP contribution in [0.3, 0.4) is 0 Å². The Balaban J connectivity index is 1.83. The molecule has 6 nitrogen and oxygen atoms in total. The Morgan fingerprint density at radius 3 is 2.36 bits per heavy atom. The minimum absolute atomic E-state index is 0.00781. The summed E-state index contributed by atoms with van der Waals surface area (Å²) in [5.41, 5.74) is 0. The molecule has 1 aliphatic carbocycles. The molecule has 3 atom stereocenters. The molecule has 6 heteroatoms. The lowest BCUT2D eigenvalue weighted by molar-refractivity contribution is -0.156. The Morgan fingerprint density at radius 1 is 1.23 bits per heavy atom. The molecule has 1 aromatic carbocycles. The summed E-state index contributed by atoms with van der Waals surface area (Å²) in [7, 11) is 0. The van der Waals surface area contributed by atoms with Gasteiger partial charge in [0.05, 0.1) is 0 Å². The van der Waals surface area contributed by atoms with Gasteiger partial charge in [-0.15, -0.1) is 0 Å². The average molecular weight is 305 g/mol. The molecule has 1 fully saturated rings. The first kappa shape index (κ1) is 14.7. The molecule has 118 valence electrons. The zero-order valence-electron chi connectivity index (χ0n) is 12.6. The molecule has 0 radical (unpaired) electrons. The molecule has 1 aromatic rings. The number of amides is 1. The van der Waals surface area contributed by atoms with Crippen LogP contribution in [0.5, 0.6) is 11.5 Å². The van der Waals surface area contributed by atoms with Crippen molar-refractivity contribution in [3.05, 3.63) is 24.3 Å². The van der Waals surface area contributed by atoms with Crippen LogP contribution in [-0.2, 0) is 9.59 Å². The average Bonchev–Trinajstić information content (AvgIpc) is 3.31. The summed E-state index contributed by atoms with van der Waals surface area (Å²) in [6.07, 6.45) is 0.381. The first-order valence-corrected chi connectivity index (χ1v) is 7.46. The molecule has 3 unspecified atom stereocenters. The maximum Gasteiger partial charge on any atom is 0.326 e. The van der Waals surface area contributed by atoms with Gasteiger partial charge in [0.1, 0.15) is 12.1 Å². The Bertz CT molecular complexity index is 598. The molecule has 0 saturated heterocycles. The van der Waals surface area contributed by atoms with Gasteiger partial charge in [-0.2, -0.15) is 0 Å². The Morgan fingerprint density at radius 2 is 1.82 bits per heavy atom. The minimum Gasteiger partial charge on any atom is -0.482 e. The van der Waals surface area contributed by atoms with Crippen LogP contribution in [0.2, 0.25) is 0 Å². The number of nitrogens with zero attached hydrogens (tertiary/aromatic N) is 1. The quantitative estimate of drug-likeness (QED) is 0.916. The number of ether oxygens (including phenoxy) is 2. The van der Waals surface area contributed by atoms with Crippen molar-refractivity contribution in [2.24, 2.45) is 0 Å². The van der Waals surface area contributed by atoms with E-state index < -0.39 is 24.2 Å². The molecule has 0 aromatic heterocycles. The van der Waals surface area contributed by atoms with Gasteiger partial charge in [0.15, 0.2) is 11.5 Å². The van der Waals surface area contributed by atoms with E-state index >= 15 is 0 Å². The summed E-state index contributed by atoms with van der Waals surface area (Å²) in [5.74, 6) is -0.217. The first-order chi connectivity index (χ1) is 10.5. The molecule has 22 heavy (non-hydrogen) atoms. The summed E-state index contributed by atoms with van der Waals surface area (Å²) in [4.78, 5) is 25.5. The lowest BCUT2D eigenvalue weighted by atomic mass is 10.1. The fourth-order valence-corrected chi connectivity index (χ4v) is 2.70. The van der Waals surface area contributed by atoms with E-state index in [-0.39, 0.29) is 11.9 Å². The molecule has 0 spiro atoms. The highest BCUT2D eigenvalue weighted by Gasteiger charge is 2.45. The first-order valence-electron chi connectivity index (χ1n) is 7.46. The van der Waals surface area contributed by atoms with Crippen LogP contribution < -0.4 is 9.47 Å². The fourth-order valence-electron chi connectivity index (χ4n) is 2.70. The SMILES string of the molecule is CC1Oc2ccccc2OC1C(=O)N(C1CC1)C(C)C(=O)O. The number of hydrogen-bond acceptors (Lipinski definition) is 4. The summed E-state index contributed by atoms with van der Waals surface area (Å²) >= 11 is 0. The van der Waals surface area contributed by atoms with E-state index in [1.165, 1.54) is 11.8 Å². The van der Waals surface area contributed by atoms with Gasteiger partial charge in [0, 0.05) is 6.04 Å². The topological polar surface area (TPSA) is 76.1 Å². The Kier molecular flexibility index (Phi) is 3.68. The molecular formula is C16H19NO5. The van der Waals surface area contributed by atoms with Crippen molar-refractivity contribution >= 4 is 11.9 Å². The molecule has 2 aliphatic rings. The molecule has 1 N–H and O–H groups in total. The van der Waals surface area contributed by atoms with Crippen LogP contribution in [-0.4, -0.2) is 46.2 Å². The van der Waals surface area contributed by atoms with Crippen molar-refractivity contribution in [2.45, 2.75) is 51.0 Å². The molecule has 1 saturated carbocycles. The van der Waals surface area contributed by atoms with Gasteiger partial charge in [-0.3, -0.25) is 4.79 Å². The lowest BCUT2D eigenvalue weighted by Crippen LogP contribution is -2.55. The predicted molar refractivity (Wildman–Crippen MR) is 77.9 cm³/mol. The van der Waals surface area contributed by atoms with Gasteiger partial charge < -0.3 is 19.5 Å². The number of carboxylic acid groups (broad SMARTS) is 1. The molecule has 1 heterocycles. The third-order valence-electron chi connectivity index (χ3n) is 4.06. The number of para-hydroxylation sites is 2. The van der Waals surface area contributed by atoms with Crippen LogP contribution in [0, 0.1) is 0 Å². The van der Waals surface area contributed by atoms with Crippen LogP contribution in [0.15, 0.2) is 24.3 Å². The maximum atomic E-state index is 12.8. The molecule has 1 aliphatic heterocycles. The molecular weight excluding hydrogens is 286 g/mol. The Hall–Kier alpha value is -2.24. The molecule has 0 bridgehead atoms. The third-order valence-corrected chi connectivity index (χ3v) is 4.06. The smallest absolute Gasteiger partial charge is 0.326 e. The standard InChI is InChI=1S/C16H19NO5/c1-9(16(19)20)17(11-7-8-11)15(18)14-10(2)21-12-5-3-4-6-13(12)22-14/h3-6,9-11,14H,7-8H2,1-2H3,(H,19,20).